The molecule has 6 nitrogen and oxygen atoms in total. The van der Waals surface area contributed by atoms with Crippen LogP contribution in [0, 0.1) is 14.4 Å². The van der Waals surface area contributed by atoms with Crippen LogP contribution >= 0.6 is 22.6 Å². The Balaban J connectivity index is 1.61. The zero-order valence-electron chi connectivity index (χ0n) is 15.6. The molecule has 0 atom stereocenters. The van der Waals surface area contributed by atoms with Gasteiger partial charge in [-0.15, -0.1) is 0 Å². The summed E-state index contributed by atoms with van der Waals surface area (Å²) < 4.78 is 12.8. The summed E-state index contributed by atoms with van der Waals surface area (Å²) in [7, 11) is 0. The van der Waals surface area contributed by atoms with E-state index in [4.69, 9.17) is 31.8 Å². The van der Waals surface area contributed by atoms with Crippen molar-refractivity contribution in [2.45, 2.75) is 13.2 Å². The molecule has 0 unspecified atom stereocenters. The Morgan fingerprint density at radius 2 is 1.07 bits per heavy atom. The van der Waals surface area contributed by atoms with Crippen molar-refractivity contribution in [3.05, 3.63) is 92.6 Å². The van der Waals surface area contributed by atoms with Gasteiger partial charge in [-0.1, -0.05) is 0 Å². The highest BCUT2D eigenvalue weighted by molar-refractivity contribution is 14.1. The Morgan fingerprint density at radius 1 is 0.690 bits per heavy atom. The summed E-state index contributed by atoms with van der Waals surface area (Å²) in [6, 6.07) is 20.5. The molecule has 3 aromatic carbocycles. The highest BCUT2D eigenvalue weighted by Gasteiger charge is 2.04. The molecule has 0 radical (unpaired) electrons. The molecule has 0 heterocycles. The third kappa shape index (κ3) is 5.95. The molecule has 0 aromatic heterocycles. The Bertz CT molecular complexity index is 938. The van der Waals surface area contributed by atoms with Crippen LogP contribution in [-0.4, -0.2) is 11.7 Å². The third-order valence-electron chi connectivity index (χ3n) is 4.16. The van der Waals surface area contributed by atoms with Crippen molar-refractivity contribution in [2.24, 2.45) is 11.5 Å². The van der Waals surface area contributed by atoms with E-state index >= 15 is 0 Å². The molecule has 3 rings (SSSR count). The van der Waals surface area contributed by atoms with Crippen LogP contribution in [0.15, 0.2) is 66.7 Å². The average molecular weight is 500 g/mol. The van der Waals surface area contributed by atoms with Crippen molar-refractivity contribution in [3.8, 4) is 11.5 Å². The van der Waals surface area contributed by atoms with Crippen LogP contribution in [0.5, 0.6) is 11.5 Å². The fourth-order valence-electron chi connectivity index (χ4n) is 2.68. The first-order valence-electron chi connectivity index (χ1n) is 8.83. The first kappa shape index (κ1) is 20.7. The SMILES string of the molecule is N=C(N)c1ccc(OCc2cc(I)cc(COc3ccc(C(=N)N)cc3)c2)cc1. The van der Waals surface area contributed by atoms with Crippen LogP contribution in [0.4, 0.5) is 0 Å². The number of hydrogen-bond acceptors (Lipinski definition) is 4. The van der Waals surface area contributed by atoms with Gasteiger partial charge in [0.05, 0.1) is 0 Å². The number of rotatable bonds is 8. The molecule has 0 aliphatic rings. The van der Waals surface area contributed by atoms with Crippen LogP contribution in [0.3, 0.4) is 0 Å². The number of benzene rings is 3. The fourth-order valence-corrected chi connectivity index (χ4v) is 3.48. The minimum absolute atomic E-state index is 0.0368. The normalized spacial score (nSPS) is 10.4. The minimum Gasteiger partial charge on any atom is -0.489 e. The molecular formula is C22H21IN4O2. The van der Waals surface area contributed by atoms with Gasteiger partial charge in [0, 0.05) is 14.7 Å². The van der Waals surface area contributed by atoms with Gasteiger partial charge in [-0.05, 0) is 100 Å². The molecule has 0 spiro atoms. The lowest BCUT2D eigenvalue weighted by Crippen LogP contribution is -2.10. The van der Waals surface area contributed by atoms with Crippen LogP contribution in [0.1, 0.15) is 22.3 Å². The molecule has 29 heavy (non-hydrogen) atoms. The highest BCUT2D eigenvalue weighted by atomic mass is 127. The van der Waals surface area contributed by atoms with Crippen molar-refractivity contribution in [2.75, 3.05) is 0 Å². The molecular weight excluding hydrogens is 479 g/mol. The van der Waals surface area contributed by atoms with Gasteiger partial charge >= 0.3 is 0 Å². The zero-order valence-corrected chi connectivity index (χ0v) is 17.8. The quantitative estimate of drug-likeness (QED) is 0.212. The predicted octanol–water partition coefficient (Wildman–Crippen LogP) is 4.02. The summed E-state index contributed by atoms with van der Waals surface area (Å²) >= 11 is 2.28. The van der Waals surface area contributed by atoms with E-state index in [1.54, 1.807) is 48.5 Å². The number of hydrogen-bond donors (Lipinski definition) is 4. The molecule has 0 fully saturated rings. The van der Waals surface area contributed by atoms with E-state index in [1.807, 2.05) is 0 Å². The monoisotopic (exact) mass is 500 g/mol. The first-order chi connectivity index (χ1) is 13.9. The van der Waals surface area contributed by atoms with Crippen molar-refractivity contribution in [1.29, 1.82) is 10.8 Å². The maximum atomic E-state index is 7.43. The molecule has 7 heteroatoms. The Labute approximate surface area is 183 Å². The molecule has 0 aliphatic carbocycles. The predicted molar refractivity (Wildman–Crippen MR) is 123 cm³/mol. The van der Waals surface area contributed by atoms with Crippen LogP contribution < -0.4 is 20.9 Å². The van der Waals surface area contributed by atoms with Gasteiger partial charge in [0.25, 0.3) is 0 Å². The first-order valence-corrected chi connectivity index (χ1v) is 9.91. The van der Waals surface area contributed by atoms with Gasteiger partial charge in [-0.25, -0.2) is 0 Å². The van der Waals surface area contributed by atoms with Gasteiger partial charge in [0.2, 0.25) is 0 Å². The Morgan fingerprint density at radius 3 is 1.41 bits per heavy atom. The largest absolute Gasteiger partial charge is 0.489 e. The van der Waals surface area contributed by atoms with E-state index in [0.717, 1.165) is 26.2 Å². The van der Waals surface area contributed by atoms with Gasteiger partial charge in [-0.2, -0.15) is 0 Å². The second-order valence-electron chi connectivity index (χ2n) is 6.42. The number of halogens is 1. The van der Waals surface area contributed by atoms with E-state index in [0.29, 0.717) is 24.3 Å². The lowest BCUT2D eigenvalue weighted by Gasteiger charge is -2.11. The molecule has 0 bridgehead atoms. The summed E-state index contributed by atoms with van der Waals surface area (Å²) in [5.41, 5.74) is 14.4. The van der Waals surface area contributed by atoms with E-state index < -0.39 is 0 Å². The lowest BCUT2D eigenvalue weighted by molar-refractivity contribution is 0.299. The van der Waals surface area contributed by atoms with E-state index in [1.165, 1.54) is 0 Å². The maximum absolute atomic E-state index is 7.43. The van der Waals surface area contributed by atoms with Crippen molar-refractivity contribution in [1.82, 2.24) is 0 Å². The maximum Gasteiger partial charge on any atom is 0.122 e. The third-order valence-corrected chi connectivity index (χ3v) is 4.78. The molecule has 0 saturated heterocycles. The molecule has 148 valence electrons. The fraction of sp³-hybridized carbons (Fsp3) is 0.0909. The zero-order chi connectivity index (χ0) is 20.8. The number of nitrogen functional groups attached to an aromatic ring is 2. The Hall–Kier alpha value is -3.07. The molecule has 0 aliphatic heterocycles. The van der Waals surface area contributed by atoms with Crippen molar-refractivity contribution < 1.29 is 9.47 Å². The molecule has 0 amide bonds. The number of nitrogens with one attached hydrogen (secondary N) is 2. The molecule has 0 saturated carbocycles. The van der Waals surface area contributed by atoms with Gasteiger partial charge < -0.3 is 20.9 Å². The van der Waals surface area contributed by atoms with Crippen LogP contribution in [0.2, 0.25) is 0 Å². The lowest BCUT2D eigenvalue weighted by atomic mass is 10.1. The summed E-state index contributed by atoms with van der Waals surface area (Å²) in [5.74, 6) is 1.51. The Kier molecular flexibility index (Phi) is 6.71. The van der Waals surface area contributed by atoms with E-state index in [9.17, 15) is 0 Å². The summed E-state index contributed by atoms with van der Waals surface area (Å²) in [6.07, 6.45) is 0. The highest BCUT2D eigenvalue weighted by Crippen LogP contribution is 2.19. The smallest absolute Gasteiger partial charge is 0.122 e. The minimum atomic E-state index is 0.0368. The van der Waals surface area contributed by atoms with Crippen molar-refractivity contribution in [3.63, 3.8) is 0 Å². The average Bonchev–Trinajstić information content (AvgIpc) is 2.71. The van der Waals surface area contributed by atoms with Gasteiger partial charge in [0.1, 0.15) is 36.4 Å². The topological polar surface area (TPSA) is 118 Å². The van der Waals surface area contributed by atoms with Gasteiger partial charge in [0.15, 0.2) is 0 Å². The summed E-state index contributed by atoms with van der Waals surface area (Å²) in [5, 5.41) is 14.9. The second-order valence-corrected chi connectivity index (χ2v) is 7.67. The summed E-state index contributed by atoms with van der Waals surface area (Å²) in [4.78, 5) is 0. The molecule has 3 aromatic rings. The molecule has 6 N–H and O–H groups in total. The van der Waals surface area contributed by atoms with Gasteiger partial charge in [-0.3, -0.25) is 10.8 Å². The van der Waals surface area contributed by atoms with Crippen LogP contribution in [0.25, 0.3) is 0 Å². The van der Waals surface area contributed by atoms with E-state index in [2.05, 4.69) is 40.8 Å². The standard InChI is InChI=1S/C22H21IN4O2/c23-18-10-14(12-28-19-5-1-16(2-6-19)21(24)25)9-15(11-18)13-29-20-7-3-17(4-8-20)22(26)27/h1-11H,12-13H2,(H3,24,25)(H3,26,27). The number of ether oxygens (including phenoxy) is 2. The van der Waals surface area contributed by atoms with E-state index in [-0.39, 0.29) is 11.7 Å². The van der Waals surface area contributed by atoms with Crippen molar-refractivity contribution >= 4 is 34.3 Å². The summed E-state index contributed by atoms with van der Waals surface area (Å²) in [6.45, 7) is 0.854. The number of amidine groups is 2. The van der Waals surface area contributed by atoms with Crippen LogP contribution in [-0.2, 0) is 13.2 Å². The second kappa shape index (κ2) is 9.42. The number of nitrogens with two attached hydrogens (primary N) is 2.